The third-order valence-electron chi connectivity index (χ3n) is 3.81. The second-order valence-corrected chi connectivity index (χ2v) is 6.51. The van der Waals surface area contributed by atoms with Gasteiger partial charge in [-0.1, -0.05) is 45.0 Å². The van der Waals surface area contributed by atoms with E-state index in [2.05, 4.69) is 30.7 Å². The Balaban J connectivity index is 2.22. The van der Waals surface area contributed by atoms with Crippen molar-refractivity contribution in [2.75, 3.05) is 0 Å². The minimum Gasteiger partial charge on any atom is -0.507 e. The average Bonchev–Trinajstić information content (AvgIpc) is 2.83. The molecule has 0 fully saturated rings. The van der Waals surface area contributed by atoms with E-state index in [0.717, 1.165) is 27.7 Å². The molecule has 0 unspecified atom stereocenters. The van der Waals surface area contributed by atoms with Gasteiger partial charge >= 0.3 is 0 Å². The predicted molar refractivity (Wildman–Crippen MR) is 86.6 cm³/mol. The van der Waals surface area contributed by atoms with Gasteiger partial charge in [0.2, 0.25) is 0 Å². The van der Waals surface area contributed by atoms with Crippen molar-refractivity contribution in [1.82, 2.24) is 9.97 Å². The number of nitrogens with one attached hydrogen (secondary N) is 1. The van der Waals surface area contributed by atoms with Crippen LogP contribution in [0.4, 0.5) is 0 Å². The second kappa shape index (κ2) is 4.62. The molecule has 0 aliphatic carbocycles. The van der Waals surface area contributed by atoms with Crippen LogP contribution in [0.3, 0.4) is 0 Å². The fourth-order valence-corrected chi connectivity index (χ4v) is 2.64. The fraction of sp³-hybridized carbons (Fsp3) is 0.278. The van der Waals surface area contributed by atoms with Crippen LogP contribution in [0.5, 0.6) is 5.75 Å². The van der Waals surface area contributed by atoms with E-state index in [4.69, 9.17) is 0 Å². The van der Waals surface area contributed by atoms with Gasteiger partial charge in [0.1, 0.15) is 11.6 Å². The molecule has 0 spiro atoms. The molecule has 3 aromatic rings. The SMILES string of the molecule is Cc1cccc2[nH]c(-c3cccc(C(C)(C)C)c3O)nc12. The van der Waals surface area contributed by atoms with Crippen LogP contribution in [-0.2, 0) is 5.41 Å². The summed E-state index contributed by atoms with van der Waals surface area (Å²) in [6, 6.07) is 11.9. The number of fused-ring (bicyclic) bond motifs is 1. The van der Waals surface area contributed by atoms with Gasteiger partial charge in [-0.25, -0.2) is 4.98 Å². The summed E-state index contributed by atoms with van der Waals surface area (Å²) in [5.41, 5.74) is 4.64. The van der Waals surface area contributed by atoms with Crippen LogP contribution in [0.25, 0.3) is 22.4 Å². The summed E-state index contributed by atoms with van der Waals surface area (Å²) in [5.74, 6) is 1.02. The molecule has 108 valence electrons. The second-order valence-electron chi connectivity index (χ2n) is 6.51. The summed E-state index contributed by atoms with van der Waals surface area (Å²) in [6.07, 6.45) is 0. The molecular formula is C18H20N2O. The molecule has 0 saturated heterocycles. The number of phenols is 1. The molecule has 3 nitrogen and oxygen atoms in total. The van der Waals surface area contributed by atoms with Crippen molar-refractivity contribution < 1.29 is 5.11 Å². The summed E-state index contributed by atoms with van der Waals surface area (Å²) in [5, 5.41) is 10.6. The van der Waals surface area contributed by atoms with Gasteiger partial charge in [-0.2, -0.15) is 0 Å². The molecule has 0 aliphatic rings. The van der Waals surface area contributed by atoms with Crippen molar-refractivity contribution in [3.8, 4) is 17.1 Å². The van der Waals surface area contributed by atoms with Crippen LogP contribution in [0, 0.1) is 6.92 Å². The van der Waals surface area contributed by atoms with Crippen LogP contribution < -0.4 is 0 Å². The summed E-state index contributed by atoms with van der Waals surface area (Å²) in [6.45, 7) is 8.32. The van der Waals surface area contributed by atoms with Crippen LogP contribution in [-0.4, -0.2) is 15.1 Å². The van der Waals surface area contributed by atoms with E-state index in [1.165, 1.54) is 0 Å². The fourth-order valence-electron chi connectivity index (χ4n) is 2.64. The quantitative estimate of drug-likeness (QED) is 0.687. The highest BCUT2D eigenvalue weighted by Crippen LogP contribution is 2.37. The number of H-pyrrole nitrogens is 1. The number of phenolic OH excluding ortho intramolecular Hbond substituents is 1. The molecule has 0 atom stereocenters. The molecular weight excluding hydrogens is 260 g/mol. The Hall–Kier alpha value is -2.29. The monoisotopic (exact) mass is 280 g/mol. The van der Waals surface area contributed by atoms with Crippen molar-refractivity contribution in [2.24, 2.45) is 0 Å². The van der Waals surface area contributed by atoms with Gasteiger partial charge in [-0.05, 0) is 35.6 Å². The number of benzene rings is 2. The zero-order valence-corrected chi connectivity index (χ0v) is 12.9. The first kappa shape index (κ1) is 13.7. The maximum Gasteiger partial charge on any atom is 0.142 e. The lowest BCUT2D eigenvalue weighted by atomic mass is 9.85. The number of para-hydroxylation sites is 2. The van der Waals surface area contributed by atoms with Crippen LogP contribution in [0.1, 0.15) is 31.9 Å². The number of imidazole rings is 1. The largest absolute Gasteiger partial charge is 0.507 e. The maximum absolute atomic E-state index is 10.6. The van der Waals surface area contributed by atoms with Gasteiger partial charge in [-0.3, -0.25) is 0 Å². The molecule has 1 aromatic heterocycles. The number of aromatic amines is 1. The Bertz CT molecular complexity index is 810. The number of rotatable bonds is 1. The summed E-state index contributed by atoms with van der Waals surface area (Å²) >= 11 is 0. The van der Waals surface area contributed by atoms with E-state index in [9.17, 15) is 5.11 Å². The van der Waals surface area contributed by atoms with Crippen molar-refractivity contribution in [2.45, 2.75) is 33.1 Å². The Morgan fingerprint density at radius 1 is 1.05 bits per heavy atom. The Kier molecular flexibility index (Phi) is 3.01. The third-order valence-corrected chi connectivity index (χ3v) is 3.81. The minimum absolute atomic E-state index is 0.109. The third kappa shape index (κ3) is 2.29. The van der Waals surface area contributed by atoms with E-state index in [-0.39, 0.29) is 5.41 Å². The number of hydrogen-bond acceptors (Lipinski definition) is 2. The smallest absolute Gasteiger partial charge is 0.142 e. The van der Waals surface area contributed by atoms with E-state index in [1.54, 1.807) is 0 Å². The molecule has 0 aliphatic heterocycles. The molecule has 3 heteroatoms. The molecule has 0 saturated carbocycles. The molecule has 2 aromatic carbocycles. The van der Waals surface area contributed by atoms with Gasteiger partial charge in [0.25, 0.3) is 0 Å². The maximum atomic E-state index is 10.6. The molecule has 1 heterocycles. The minimum atomic E-state index is -0.109. The van der Waals surface area contributed by atoms with Crippen LogP contribution >= 0.6 is 0 Å². The lowest BCUT2D eigenvalue weighted by Gasteiger charge is -2.21. The van der Waals surface area contributed by atoms with Crippen LogP contribution in [0.2, 0.25) is 0 Å². The molecule has 2 N–H and O–H groups in total. The Labute approximate surface area is 124 Å². The summed E-state index contributed by atoms with van der Waals surface area (Å²) in [7, 11) is 0. The zero-order chi connectivity index (χ0) is 15.2. The molecule has 3 rings (SSSR count). The summed E-state index contributed by atoms with van der Waals surface area (Å²) < 4.78 is 0. The van der Waals surface area contributed by atoms with Crippen molar-refractivity contribution in [3.05, 3.63) is 47.5 Å². The van der Waals surface area contributed by atoms with Crippen molar-refractivity contribution in [3.63, 3.8) is 0 Å². The summed E-state index contributed by atoms with van der Waals surface area (Å²) in [4.78, 5) is 7.95. The number of aryl methyl sites for hydroxylation is 1. The van der Waals surface area contributed by atoms with Gasteiger partial charge < -0.3 is 10.1 Å². The Morgan fingerprint density at radius 2 is 1.76 bits per heavy atom. The lowest BCUT2D eigenvalue weighted by Crippen LogP contribution is -2.11. The first-order chi connectivity index (χ1) is 9.88. The first-order valence-electron chi connectivity index (χ1n) is 7.16. The van der Waals surface area contributed by atoms with E-state index in [0.29, 0.717) is 11.6 Å². The molecule has 21 heavy (non-hydrogen) atoms. The van der Waals surface area contributed by atoms with E-state index in [1.807, 2.05) is 43.3 Å². The van der Waals surface area contributed by atoms with Gasteiger partial charge in [-0.15, -0.1) is 0 Å². The number of aromatic hydroxyl groups is 1. The lowest BCUT2D eigenvalue weighted by molar-refractivity contribution is 0.448. The highest BCUT2D eigenvalue weighted by Gasteiger charge is 2.21. The van der Waals surface area contributed by atoms with Gasteiger partial charge in [0.15, 0.2) is 0 Å². The highest BCUT2D eigenvalue weighted by molar-refractivity contribution is 5.83. The number of nitrogens with zero attached hydrogens (tertiary/aromatic N) is 1. The van der Waals surface area contributed by atoms with Crippen molar-refractivity contribution >= 4 is 11.0 Å². The normalized spacial score (nSPS) is 12.0. The molecule has 0 amide bonds. The number of hydrogen-bond donors (Lipinski definition) is 2. The average molecular weight is 280 g/mol. The standard InChI is InChI=1S/C18H20N2O/c1-11-7-5-10-14-15(11)20-17(19-14)12-8-6-9-13(16(12)21)18(2,3)4/h5-10,21H,1-4H3,(H,19,20). The van der Waals surface area contributed by atoms with Gasteiger partial charge in [0, 0.05) is 0 Å². The predicted octanol–water partition coefficient (Wildman–Crippen LogP) is 4.54. The molecule has 0 bridgehead atoms. The molecule has 0 radical (unpaired) electrons. The van der Waals surface area contributed by atoms with E-state index >= 15 is 0 Å². The van der Waals surface area contributed by atoms with Gasteiger partial charge in [0.05, 0.1) is 16.6 Å². The van der Waals surface area contributed by atoms with E-state index < -0.39 is 0 Å². The van der Waals surface area contributed by atoms with Crippen molar-refractivity contribution in [1.29, 1.82) is 0 Å². The first-order valence-corrected chi connectivity index (χ1v) is 7.16. The van der Waals surface area contributed by atoms with Crippen LogP contribution in [0.15, 0.2) is 36.4 Å². The Morgan fingerprint density at radius 3 is 2.43 bits per heavy atom. The topological polar surface area (TPSA) is 48.9 Å². The number of aromatic nitrogens is 2. The zero-order valence-electron chi connectivity index (χ0n) is 12.9. The highest BCUT2D eigenvalue weighted by atomic mass is 16.3.